The number of hydrogen-bond acceptors (Lipinski definition) is 6. The van der Waals surface area contributed by atoms with E-state index in [0.717, 1.165) is 6.26 Å². The molecular weight excluding hydrogens is 288 g/mol. The fourth-order valence-electron chi connectivity index (χ4n) is 0.963. The molecule has 1 amide bonds. The van der Waals surface area contributed by atoms with Crippen LogP contribution >= 0.6 is 0 Å². The second kappa shape index (κ2) is 6.11. The SMILES string of the molecule is CS(=O)(=O)CCS(=O)(=O)N(CC(N)=O)CC(=O)O. The van der Waals surface area contributed by atoms with Crippen LogP contribution in [-0.2, 0) is 29.4 Å². The smallest absolute Gasteiger partial charge is 0.318 e. The third-order valence-corrected chi connectivity index (χ3v) is 4.72. The van der Waals surface area contributed by atoms with Crippen LogP contribution in [-0.4, -0.2) is 69.0 Å². The summed E-state index contributed by atoms with van der Waals surface area (Å²) in [5.74, 6) is -3.96. The molecule has 0 fully saturated rings. The van der Waals surface area contributed by atoms with Gasteiger partial charge in [0.15, 0.2) is 0 Å². The van der Waals surface area contributed by atoms with E-state index in [0.29, 0.717) is 4.31 Å². The van der Waals surface area contributed by atoms with Gasteiger partial charge in [0, 0.05) is 6.26 Å². The Kier molecular flexibility index (Phi) is 5.70. The Morgan fingerprint density at radius 3 is 1.94 bits per heavy atom. The number of rotatable bonds is 8. The molecule has 0 aliphatic carbocycles. The van der Waals surface area contributed by atoms with Gasteiger partial charge in [-0.3, -0.25) is 9.59 Å². The molecule has 0 spiro atoms. The van der Waals surface area contributed by atoms with Crippen LogP contribution in [0.25, 0.3) is 0 Å². The van der Waals surface area contributed by atoms with Gasteiger partial charge in [0.05, 0.1) is 18.1 Å². The van der Waals surface area contributed by atoms with Gasteiger partial charge in [-0.25, -0.2) is 16.8 Å². The van der Waals surface area contributed by atoms with Crippen LogP contribution in [0.1, 0.15) is 0 Å². The maximum Gasteiger partial charge on any atom is 0.318 e. The predicted octanol–water partition coefficient (Wildman–Crippen LogP) is -2.77. The first-order valence-electron chi connectivity index (χ1n) is 4.59. The Labute approximate surface area is 105 Å². The summed E-state index contributed by atoms with van der Waals surface area (Å²) in [5.41, 5.74) is 4.79. The van der Waals surface area contributed by atoms with Crippen molar-refractivity contribution in [1.29, 1.82) is 0 Å². The number of nitrogens with two attached hydrogens (primary N) is 1. The Bertz CT molecular complexity index is 506. The summed E-state index contributed by atoms with van der Waals surface area (Å²) in [7, 11) is -7.69. The molecule has 3 N–H and O–H groups in total. The number of hydrogen-bond donors (Lipinski definition) is 2. The van der Waals surface area contributed by atoms with Gasteiger partial charge in [0.1, 0.15) is 16.4 Å². The lowest BCUT2D eigenvalue weighted by atomic mass is 10.5. The Balaban J connectivity index is 4.96. The number of carboxylic acid groups (broad SMARTS) is 1. The number of amides is 1. The van der Waals surface area contributed by atoms with Crippen molar-refractivity contribution in [2.24, 2.45) is 5.73 Å². The van der Waals surface area contributed by atoms with Crippen molar-refractivity contribution in [1.82, 2.24) is 4.31 Å². The summed E-state index contributed by atoms with van der Waals surface area (Å²) >= 11 is 0. The zero-order valence-corrected chi connectivity index (χ0v) is 11.2. The number of nitrogens with zero attached hydrogens (tertiary/aromatic N) is 1. The number of carbonyl (C=O) groups excluding carboxylic acids is 1. The first-order valence-corrected chi connectivity index (χ1v) is 8.26. The zero-order valence-electron chi connectivity index (χ0n) is 9.57. The van der Waals surface area contributed by atoms with Crippen molar-refractivity contribution in [3.63, 3.8) is 0 Å². The lowest BCUT2D eigenvalue weighted by Crippen LogP contribution is -2.43. The molecule has 0 aromatic heterocycles. The first kappa shape index (κ1) is 16.8. The Hall–Kier alpha value is -1.20. The number of sulfone groups is 1. The van der Waals surface area contributed by atoms with Gasteiger partial charge >= 0.3 is 5.97 Å². The monoisotopic (exact) mass is 302 g/mol. The van der Waals surface area contributed by atoms with E-state index in [9.17, 15) is 26.4 Å². The van der Waals surface area contributed by atoms with E-state index < -0.39 is 56.3 Å². The summed E-state index contributed by atoms with van der Waals surface area (Å²) in [6, 6.07) is 0. The van der Waals surface area contributed by atoms with Crippen molar-refractivity contribution in [2.45, 2.75) is 0 Å². The Morgan fingerprint density at radius 1 is 1.11 bits per heavy atom. The van der Waals surface area contributed by atoms with Crippen LogP contribution in [0.5, 0.6) is 0 Å². The second-order valence-corrected chi connectivity index (χ2v) is 7.92. The van der Waals surface area contributed by atoms with Crippen LogP contribution in [0, 0.1) is 0 Å². The molecule has 0 unspecified atom stereocenters. The maximum atomic E-state index is 11.6. The van der Waals surface area contributed by atoms with Crippen LogP contribution in [0.2, 0.25) is 0 Å². The van der Waals surface area contributed by atoms with E-state index in [2.05, 4.69) is 0 Å². The molecule has 0 saturated heterocycles. The lowest BCUT2D eigenvalue weighted by molar-refractivity contribution is -0.137. The lowest BCUT2D eigenvalue weighted by Gasteiger charge is -2.18. The third-order valence-electron chi connectivity index (χ3n) is 1.75. The highest BCUT2D eigenvalue weighted by Gasteiger charge is 2.27. The molecule has 0 atom stereocenters. The van der Waals surface area contributed by atoms with Gasteiger partial charge in [-0.1, -0.05) is 0 Å². The zero-order chi connectivity index (χ0) is 14.6. The first-order chi connectivity index (χ1) is 7.94. The van der Waals surface area contributed by atoms with E-state index in [-0.39, 0.29) is 0 Å². The third kappa shape index (κ3) is 7.19. The molecule has 11 heteroatoms. The summed E-state index contributed by atoms with van der Waals surface area (Å²) in [6.07, 6.45) is 0.845. The highest BCUT2D eigenvalue weighted by molar-refractivity contribution is 7.93. The largest absolute Gasteiger partial charge is 0.480 e. The van der Waals surface area contributed by atoms with E-state index in [1.165, 1.54) is 0 Å². The molecule has 0 saturated carbocycles. The molecule has 0 aromatic rings. The molecule has 0 rings (SSSR count). The average molecular weight is 302 g/mol. The van der Waals surface area contributed by atoms with Gasteiger partial charge in [-0.2, -0.15) is 4.31 Å². The predicted molar refractivity (Wildman–Crippen MR) is 61.9 cm³/mol. The maximum absolute atomic E-state index is 11.6. The molecule has 0 aliphatic rings. The quantitative estimate of drug-likeness (QED) is 0.492. The number of carboxylic acids is 1. The van der Waals surface area contributed by atoms with Gasteiger partial charge in [0.2, 0.25) is 15.9 Å². The van der Waals surface area contributed by atoms with E-state index in [4.69, 9.17) is 10.8 Å². The molecule has 0 heterocycles. The summed E-state index contributed by atoms with van der Waals surface area (Å²) < 4.78 is 45.3. The van der Waals surface area contributed by atoms with E-state index in [1.807, 2.05) is 0 Å². The highest BCUT2D eigenvalue weighted by Crippen LogP contribution is 2.02. The van der Waals surface area contributed by atoms with Gasteiger partial charge in [-0.05, 0) is 0 Å². The van der Waals surface area contributed by atoms with Crippen molar-refractivity contribution in [3.8, 4) is 0 Å². The average Bonchev–Trinajstić information content (AvgIpc) is 2.11. The topological polar surface area (TPSA) is 152 Å². The fourth-order valence-corrected chi connectivity index (χ4v) is 3.91. The van der Waals surface area contributed by atoms with Crippen molar-refractivity contribution < 1.29 is 31.5 Å². The second-order valence-electron chi connectivity index (χ2n) is 3.57. The van der Waals surface area contributed by atoms with Crippen LogP contribution in [0.15, 0.2) is 0 Å². The Morgan fingerprint density at radius 2 is 1.61 bits per heavy atom. The number of aliphatic carboxylic acids is 1. The minimum atomic E-state index is -4.17. The minimum absolute atomic E-state index is 0.336. The van der Waals surface area contributed by atoms with Crippen LogP contribution in [0.3, 0.4) is 0 Å². The van der Waals surface area contributed by atoms with E-state index >= 15 is 0 Å². The molecule has 18 heavy (non-hydrogen) atoms. The summed E-state index contributed by atoms with van der Waals surface area (Å²) in [4.78, 5) is 21.1. The summed E-state index contributed by atoms with van der Waals surface area (Å²) in [6.45, 7) is -1.76. The molecule has 9 nitrogen and oxygen atoms in total. The highest BCUT2D eigenvalue weighted by atomic mass is 32.2. The number of sulfonamides is 1. The molecule has 106 valence electrons. The minimum Gasteiger partial charge on any atom is -0.480 e. The van der Waals surface area contributed by atoms with Crippen molar-refractivity contribution >= 4 is 31.7 Å². The normalized spacial score (nSPS) is 12.6. The molecule has 0 bridgehead atoms. The molecular formula is C7H14N2O7S2. The number of primary amides is 1. The van der Waals surface area contributed by atoms with Gasteiger partial charge in [0.25, 0.3) is 0 Å². The van der Waals surface area contributed by atoms with Crippen molar-refractivity contribution in [3.05, 3.63) is 0 Å². The molecule has 0 aliphatic heterocycles. The summed E-state index contributed by atoms with van der Waals surface area (Å²) in [5, 5.41) is 8.51. The van der Waals surface area contributed by atoms with Gasteiger partial charge < -0.3 is 10.8 Å². The molecule has 0 aromatic carbocycles. The standard InChI is InChI=1S/C7H14N2O7S2/c1-17(13,14)2-3-18(15,16)9(4-6(8)10)5-7(11)12/h2-5H2,1H3,(H2,8,10)(H,11,12). The molecule has 0 radical (unpaired) electrons. The van der Waals surface area contributed by atoms with Crippen LogP contribution in [0.4, 0.5) is 0 Å². The van der Waals surface area contributed by atoms with Gasteiger partial charge in [-0.15, -0.1) is 0 Å². The number of carbonyl (C=O) groups is 2. The van der Waals surface area contributed by atoms with Crippen LogP contribution < -0.4 is 5.73 Å². The van der Waals surface area contributed by atoms with Crippen molar-refractivity contribution in [2.75, 3.05) is 30.9 Å². The fraction of sp³-hybridized carbons (Fsp3) is 0.714. The van der Waals surface area contributed by atoms with E-state index in [1.54, 1.807) is 0 Å².